The topological polar surface area (TPSA) is 38.1 Å². The molecule has 1 heterocycles. The summed E-state index contributed by atoms with van der Waals surface area (Å²) in [5.74, 6) is 1.87. The zero-order valence-electron chi connectivity index (χ0n) is 9.62. The predicted molar refractivity (Wildman–Crippen MR) is 59.5 cm³/mol. The highest BCUT2D eigenvalue weighted by Crippen LogP contribution is 2.33. The molecule has 84 valence electrons. The molecule has 0 radical (unpaired) electrons. The van der Waals surface area contributed by atoms with Crippen molar-refractivity contribution in [1.82, 2.24) is 10.5 Å². The molecule has 1 aliphatic carbocycles. The Morgan fingerprint density at radius 1 is 1.53 bits per heavy atom. The fourth-order valence-corrected chi connectivity index (χ4v) is 1.98. The molecule has 0 aliphatic heterocycles. The smallest absolute Gasteiger partial charge is 0.150 e. The Hall–Kier alpha value is -0.830. The van der Waals surface area contributed by atoms with Gasteiger partial charge in [-0.05, 0) is 31.6 Å². The first-order valence-electron chi connectivity index (χ1n) is 6.01. The summed E-state index contributed by atoms with van der Waals surface area (Å²) < 4.78 is 5.24. The molecule has 0 aromatic carbocycles. The molecular weight excluding hydrogens is 188 g/mol. The summed E-state index contributed by atoms with van der Waals surface area (Å²) in [6.07, 6.45) is 4.94. The van der Waals surface area contributed by atoms with Gasteiger partial charge in [-0.25, -0.2) is 0 Å². The summed E-state index contributed by atoms with van der Waals surface area (Å²) >= 11 is 0. The van der Waals surface area contributed by atoms with Gasteiger partial charge in [-0.3, -0.25) is 0 Å². The summed E-state index contributed by atoms with van der Waals surface area (Å²) in [6, 6.07) is 2.72. The molecule has 1 atom stereocenters. The second kappa shape index (κ2) is 4.79. The monoisotopic (exact) mass is 208 g/mol. The van der Waals surface area contributed by atoms with Crippen molar-refractivity contribution in [3.8, 4) is 0 Å². The fourth-order valence-electron chi connectivity index (χ4n) is 1.98. The van der Waals surface area contributed by atoms with E-state index in [1.807, 2.05) is 6.07 Å². The van der Waals surface area contributed by atoms with Crippen LogP contribution in [0.4, 0.5) is 0 Å². The van der Waals surface area contributed by atoms with Crippen LogP contribution in [0.25, 0.3) is 0 Å². The van der Waals surface area contributed by atoms with Gasteiger partial charge in [0.25, 0.3) is 0 Å². The second-order valence-corrected chi connectivity index (χ2v) is 4.37. The summed E-state index contributed by atoms with van der Waals surface area (Å²) in [5.41, 5.74) is 1.05. The van der Waals surface area contributed by atoms with Crippen LogP contribution in [0.5, 0.6) is 0 Å². The normalized spacial score (nSPS) is 18.0. The Kier molecular flexibility index (Phi) is 3.41. The lowest BCUT2D eigenvalue weighted by Crippen LogP contribution is -2.29. The molecule has 0 bridgehead atoms. The Labute approximate surface area is 91.2 Å². The van der Waals surface area contributed by atoms with E-state index in [0.29, 0.717) is 6.04 Å². The van der Waals surface area contributed by atoms with Crippen molar-refractivity contribution in [2.45, 2.75) is 52.1 Å². The molecule has 15 heavy (non-hydrogen) atoms. The molecule has 0 amide bonds. The van der Waals surface area contributed by atoms with Crippen LogP contribution >= 0.6 is 0 Å². The molecular formula is C12H20N2O. The molecule has 1 fully saturated rings. The number of hydrogen-bond donors (Lipinski definition) is 1. The zero-order valence-corrected chi connectivity index (χ0v) is 9.62. The Morgan fingerprint density at radius 2 is 2.33 bits per heavy atom. The standard InChI is InChI=1S/C12H20N2O/c1-3-10-7-11(15-14-10)8-13-12(4-2)9-5-6-9/h7,9,12-13H,3-6,8H2,1-2H3. The van der Waals surface area contributed by atoms with Gasteiger partial charge in [0.1, 0.15) is 0 Å². The van der Waals surface area contributed by atoms with Crippen LogP contribution in [0.15, 0.2) is 10.6 Å². The first kappa shape index (κ1) is 10.7. The van der Waals surface area contributed by atoms with Crippen molar-refractivity contribution in [3.05, 3.63) is 17.5 Å². The lowest BCUT2D eigenvalue weighted by molar-refractivity contribution is 0.349. The van der Waals surface area contributed by atoms with Gasteiger partial charge in [-0.15, -0.1) is 0 Å². The van der Waals surface area contributed by atoms with E-state index in [1.54, 1.807) is 0 Å². The fraction of sp³-hybridized carbons (Fsp3) is 0.750. The number of aryl methyl sites for hydroxylation is 1. The second-order valence-electron chi connectivity index (χ2n) is 4.37. The van der Waals surface area contributed by atoms with Gasteiger partial charge in [0.2, 0.25) is 0 Å². The van der Waals surface area contributed by atoms with E-state index in [9.17, 15) is 0 Å². The lowest BCUT2D eigenvalue weighted by atomic mass is 10.1. The molecule has 1 saturated carbocycles. The van der Waals surface area contributed by atoms with Crippen LogP contribution in [-0.4, -0.2) is 11.2 Å². The average molecular weight is 208 g/mol. The minimum absolute atomic E-state index is 0.667. The molecule has 3 heteroatoms. The minimum Gasteiger partial charge on any atom is -0.360 e. The molecule has 2 rings (SSSR count). The average Bonchev–Trinajstić information content (AvgIpc) is 2.98. The maximum Gasteiger partial charge on any atom is 0.150 e. The first-order chi connectivity index (χ1) is 7.33. The van der Waals surface area contributed by atoms with Crippen LogP contribution in [0.1, 0.15) is 44.6 Å². The zero-order chi connectivity index (χ0) is 10.7. The molecule has 1 unspecified atom stereocenters. The van der Waals surface area contributed by atoms with Gasteiger partial charge < -0.3 is 9.84 Å². The van der Waals surface area contributed by atoms with Crippen LogP contribution in [0.2, 0.25) is 0 Å². The summed E-state index contributed by atoms with van der Waals surface area (Å²) in [6.45, 7) is 5.16. The summed E-state index contributed by atoms with van der Waals surface area (Å²) in [7, 11) is 0. The molecule has 1 aromatic rings. The van der Waals surface area contributed by atoms with E-state index in [0.717, 1.165) is 30.3 Å². The van der Waals surface area contributed by atoms with Crippen LogP contribution in [0.3, 0.4) is 0 Å². The molecule has 0 spiro atoms. The van der Waals surface area contributed by atoms with Gasteiger partial charge in [0, 0.05) is 12.1 Å². The van der Waals surface area contributed by atoms with Gasteiger partial charge in [-0.1, -0.05) is 19.0 Å². The predicted octanol–water partition coefficient (Wildman–Crippen LogP) is 2.52. The lowest BCUT2D eigenvalue weighted by Gasteiger charge is -2.14. The van der Waals surface area contributed by atoms with Gasteiger partial charge in [0.05, 0.1) is 12.2 Å². The quantitative estimate of drug-likeness (QED) is 0.780. The third kappa shape index (κ3) is 2.81. The molecule has 3 nitrogen and oxygen atoms in total. The van der Waals surface area contributed by atoms with Crippen molar-refractivity contribution < 1.29 is 4.52 Å². The van der Waals surface area contributed by atoms with E-state index in [1.165, 1.54) is 19.3 Å². The van der Waals surface area contributed by atoms with Crippen LogP contribution in [-0.2, 0) is 13.0 Å². The number of aromatic nitrogens is 1. The van der Waals surface area contributed by atoms with E-state index in [-0.39, 0.29) is 0 Å². The van der Waals surface area contributed by atoms with Crippen molar-refractivity contribution in [3.63, 3.8) is 0 Å². The third-order valence-electron chi connectivity index (χ3n) is 3.14. The first-order valence-corrected chi connectivity index (χ1v) is 6.01. The van der Waals surface area contributed by atoms with Crippen LogP contribution < -0.4 is 5.32 Å². The molecule has 1 aromatic heterocycles. The Morgan fingerprint density at radius 3 is 2.87 bits per heavy atom. The van der Waals surface area contributed by atoms with Crippen molar-refractivity contribution in [2.24, 2.45) is 5.92 Å². The van der Waals surface area contributed by atoms with E-state index >= 15 is 0 Å². The number of nitrogens with zero attached hydrogens (tertiary/aromatic N) is 1. The van der Waals surface area contributed by atoms with Crippen molar-refractivity contribution in [2.75, 3.05) is 0 Å². The van der Waals surface area contributed by atoms with E-state index < -0.39 is 0 Å². The Balaban J connectivity index is 1.80. The highest BCUT2D eigenvalue weighted by atomic mass is 16.5. The minimum atomic E-state index is 0.667. The summed E-state index contributed by atoms with van der Waals surface area (Å²) in [4.78, 5) is 0. The van der Waals surface area contributed by atoms with Gasteiger partial charge >= 0.3 is 0 Å². The maximum atomic E-state index is 5.24. The SMILES string of the molecule is CCc1cc(CNC(CC)C2CC2)on1. The maximum absolute atomic E-state index is 5.24. The largest absolute Gasteiger partial charge is 0.360 e. The molecule has 1 aliphatic rings. The summed E-state index contributed by atoms with van der Waals surface area (Å²) in [5, 5.41) is 7.54. The molecule has 1 N–H and O–H groups in total. The molecule has 0 saturated heterocycles. The Bertz CT molecular complexity index is 304. The van der Waals surface area contributed by atoms with Crippen LogP contribution in [0, 0.1) is 5.92 Å². The number of rotatable bonds is 6. The highest BCUT2D eigenvalue weighted by molar-refractivity contribution is 5.05. The number of hydrogen-bond acceptors (Lipinski definition) is 3. The van der Waals surface area contributed by atoms with E-state index in [2.05, 4.69) is 24.3 Å². The number of nitrogens with one attached hydrogen (secondary N) is 1. The van der Waals surface area contributed by atoms with Gasteiger partial charge in [0.15, 0.2) is 5.76 Å². The highest BCUT2D eigenvalue weighted by Gasteiger charge is 2.29. The third-order valence-corrected chi connectivity index (χ3v) is 3.14. The van der Waals surface area contributed by atoms with Crippen molar-refractivity contribution in [1.29, 1.82) is 0 Å². The van der Waals surface area contributed by atoms with Gasteiger partial charge in [-0.2, -0.15) is 0 Å². The van der Waals surface area contributed by atoms with E-state index in [4.69, 9.17) is 4.52 Å². The van der Waals surface area contributed by atoms with Crippen molar-refractivity contribution >= 4 is 0 Å².